The monoisotopic (exact) mass is 330 g/mol. The topological polar surface area (TPSA) is 81.4 Å². The molecule has 1 heterocycles. The van der Waals surface area contributed by atoms with Crippen molar-refractivity contribution in [3.63, 3.8) is 0 Å². The van der Waals surface area contributed by atoms with E-state index >= 15 is 0 Å². The molecule has 0 amide bonds. The predicted octanol–water partition coefficient (Wildman–Crippen LogP) is 2.52. The molecule has 1 atom stereocenters. The summed E-state index contributed by atoms with van der Waals surface area (Å²) in [5.74, 6) is 0.753. The highest BCUT2D eigenvalue weighted by molar-refractivity contribution is 7.89. The molecule has 0 saturated heterocycles. The van der Waals surface area contributed by atoms with E-state index in [1.165, 1.54) is 12.1 Å². The third kappa shape index (κ3) is 3.01. The maximum absolute atomic E-state index is 11.4. The van der Waals surface area contributed by atoms with Crippen LogP contribution in [0, 0.1) is 0 Å². The van der Waals surface area contributed by atoms with Gasteiger partial charge < -0.3 is 4.84 Å². The van der Waals surface area contributed by atoms with Gasteiger partial charge in [0.2, 0.25) is 10.0 Å². The molecular formula is C17H18N2O3S. The molecule has 1 aliphatic rings. The normalized spacial score (nSPS) is 20.9. The van der Waals surface area contributed by atoms with Crippen LogP contribution in [0.15, 0.2) is 65.6 Å². The summed E-state index contributed by atoms with van der Waals surface area (Å²) in [4.78, 5) is 5.76. The summed E-state index contributed by atoms with van der Waals surface area (Å²) in [5.41, 5.74) is 4.47. The van der Waals surface area contributed by atoms with Gasteiger partial charge in [-0.05, 0) is 30.2 Å². The highest BCUT2D eigenvalue weighted by Crippen LogP contribution is 2.36. The molecule has 0 fully saturated rings. The minimum atomic E-state index is -3.69. The van der Waals surface area contributed by atoms with Crippen molar-refractivity contribution in [3.8, 4) is 0 Å². The molecule has 0 aliphatic carbocycles. The third-order valence-electron chi connectivity index (χ3n) is 4.03. The minimum absolute atomic E-state index is 0.0960. The number of primary sulfonamides is 1. The smallest absolute Gasteiger partial charge is 0.238 e. The molecule has 5 nitrogen and oxygen atoms in total. The molecule has 6 heteroatoms. The van der Waals surface area contributed by atoms with E-state index in [0.717, 1.165) is 23.3 Å². The molecular weight excluding hydrogens is 312 g/mol. The van der Waals surface area contributed by atoms with Crippen LogP contribution in [0.3, 0.4) is 0 Å². The standard InChI is InChI=1S/C17H18N2O3S/c1-2-17(14-8-10-15(11-9-14)23(18,20)21)12-16(22-19-17)13-6-4-3-5-7-13/h3-12,19H,2H2,1H3,(H2,18,20,21). The van der Waals surface area contributed by atoms with E-state index < -0.39 is 15.6 Å². The zero-order chi connectivity index (χ0) is 16.5. The molecule has 0 radical (unpaired) electrons. The summed E-state index contributed by atoms with van der Waals surface area (Å²) in [5, 5.41) is 5.14. The molecule has 0 saturated carbocycles. The first kappa shape index (κ1) is 15.7. The highest BCUT2D eigenvalue weighted by atomic mass is 32.2. The van der Waals surface area contributed by atoms with Crippen molar-refractivity contribution in [3.05, 3.63) is 71.8 Å². The maximum atomic E-state index is 11.4. The largest absolute Gasteiger partial charge is 0.407 e. The van der Waals surface area contributed by atoms with Gasteiger partial charge in [0.1, 0.15) is 5.54 Å². The number of sulfonamides is 1. The molecule has 2 aromatic rings. The van der Waals surface area contributed by atoms with Crippen molar-refractivity contribution in [2.45, 2.75) is 23.8 Å². The Morgan fingerprint density at radius 1 is 1.09 bits per heavy atom. The number of rotatable bonds is 4. The Balaban J connectivity index is 1.98. The average molecular weight is 330 g/mol. The summed E-state index contributed by atoms with van der Waals surface area (Å²) in [6, 6.07) is 16.3. The number of nitrogens with two attached hydrogens (primary N) is 1. The fraction of sp³-hybridized carbons (Fsp3) is 0.176. The lowest BCUT2D eigenvalue weighted by Crippen LogP contribution is -2.35. The van der Waals surface area contributed by atoms with Crippen molar-refractivity contribution in [2.75, 3.05) is 0 Å². The van der Waals surface area contributed by atoms with E-state index in [9.17, 15) is 8.42 Å². The van der Waals surface area contributed by atoms with Crippen molar-refractivity contribution in [1.82, 2.24) is 5.48 Å². The number of nitrogens with one attached hydrogen (secondary N) is 1. The number of hydrogen-bond donors (Lipinski definition) is 2. The second-order valence-electron chi connectivity index (χ2n) is 5.47. The molecule has 0 aromatic heterocycles. The molecule has 0 spiro atoms. The Morgan fingerprint density at radius 3 is 2.30 bits per heavy atom. The van der Waals surface area contributed by atoms with Gasteiger partial charge in [0, 0.05) is 5.56 Å². The lowest BCUT2D eigenvalue weighted by atomic mass is 9.87. The first-order valence-corrected chi connectivity index (χ1v) is 8.85. The first-order chi connectivity index (χ1) is 10.9. The Labute approximate surface area is 135 Å². The van der Waals surface area contributed by atoms with Gasteiger partial charge in [-0.15, -0.1) is 5.48 Å². The maximum Gasteiger partial charge on any atom is 0.238 e. The molecule has 120 valence electrons. The molecule has 3 N–H and O–H groups in total. The first-order valence-electron chi connectivity index (χ1n) is 7.30. The summed E-state index contributed by atoms with van der Waals surface area (Å²) in [6.07, 6.45) is 2.77. The molecule has 0 bridgehead atoms. The molecule has 23 heavy (non-hydrogen) atoms. The van der Waals surface area contributed by atoms with Gasteiger partial charge in [-0.3, -0.25) is 0 Å². The third-order valence-corrected chi connectivity index (χ3v) is 4.96. The molecule has 1 unspecified atom stereocenters. The zero-order valence-electron chi connectivity index (χ0n) is 12.7. The van der Waals surface area contributed by atoms with Gasteiger partial charge in [-0.2, -0.15) is 0 Å². The quantitative estimate of drug-likeness (QED) is 0.902. The SMILES string of the molecule is CCC1(c2ccc(S(N)(=O)=O)cc2)C=C(c2ccccc2)ON1. The van der Waals surface area contributed by atoms with Crippen LogP contribution in [-0.4, -0.2) is 8.42 Å². The lowest BCUT2D eigenvalue weighted by Gasteiger charge is -2.25. The van der Waals surface area contributed by atoms with Crippen LogP contribution in [-0.2, 0) is 20.4 Å². The average Bonchev–Trinajstić information content (AvgIpc) is 3.01. The van der Waals surface area contributed by atoms with Gasteiger partial charge in [0.05, 0.1) is 4.90 Å². The highest BCUT2D eigenvalue weighted by Gasteiger charge is 2.35. The van der Waals surface area contributed by atoms with Crippen molar-refractivity contribution in [2.24, 2.45) is 5.14 Å². The Kier molecular flexibility index (Phi) is 3.97. The van der Waals surface area contributed by atoms with Gasteiger partial charge in [0.15, 0.2) is 5.76 Å². The Hall–Kier alpha value is -2.15. The van der Waals surface area contributed by atoms with Crippen molar-refractivity contribution < 1.29 is 13.3 Å². The number of hydrogen-bond acceptors (Lipinski definition) is 4. The predicted molar refractivity (Wildman–Crippen MR) is 88.4 cm³/mol. The van der Waals surface area contributed by atoms with Crippen LogP contribution in [0.2, 0.25) is 0 Å². The molecule has 3 rings (SSSR count). The Morgan fingerprint density at radius 2 is 1.74 bits per heavy atom. The van der Waals surface area contributed by atoms with Crippen LogP contribution >= 0.6 is 0 Å². The summed E-state index contributed by atoms with van der Waals surface area (Å²) >= 11 is 0. The van der Waals surface area contributed by atoms with Crippen LogP contribution in [0.25, 0.3) is 5.76 Å². The second kappa shape index (κ2) is 5.81. The van der Waals surface area contributed by atoms with E-state index in [-0.39, 0.29) is 4.90 Å². The van der Waals surface area contributed by atoms with Gasteiger partial charge in [-0.25, -0.2) is 13.6 Å². The molecule has 1 aliphatic heterocycles. The Bertz CT molecular complexity index is 830. The van der Waals surface area contributed by atoms with Crippen LogP contribution in [0.5, 0.6) is 0 Å². The van der Waals surface area contributed by atoms with E-state index in [1.807, 2.05) is 43.3 Å². The van der Waals surface area contributed by atoms with E-state index in [2.05, 4.69) is 5.48 Å². The van der Waals surface area contributed by atoms with Crippen molar-refractivity contribution in [1.29, 1.82) is 0 Å². The van der Waals surface area contributed by atoms with Crippen LogP contribution in [0.4, 0.5) is 0 Å². The second-order valence-corrected chi connectivity index (χ2v) is 7.03. The lowest BCUT2D eigenvalue weighted by molar-refractivity contribution is 0.110. The van der Waals surface area contributed by atoms with Gasteiger partial charge in [-0.1, -0.05) is 49.4 Å². The van der Waals surface area contributed by atoms with Gasteiger partial charge in [0.25, 0.3) is 0 Å². The van der Waals surface area contributed by atoms with E-state index in [4.69, 9.17) is 9.98 Å². The number of benzene rings is 2. The van der Waals surface area contributed by atoms with Crippen molar-refractivity contribution >= 4 is 15.8 Å². The fourth-order valence-electron chi connectivity index (χ4n) is 2.64. The van der Waals surface area contributed by atoms with Gasteiger partial charge >= 0.3 is 0 Å². The minimum Gasteiger partial charge on any atom is -0.407 e. The van der Waals surface area contributed by atoms with E-state index in [0.29, 0.717) is 0 Å². The van der Waals surface area contributed by atoms with Crippen LogP contribution < -0.4 is 10.6 Å². The van der Waals surface area contributed by atoms with E-state index in [1.54, 1.807) is 12.1 Å². The van der Waals surface area contributed by atoms with Crippen LogP contribution in [0.1, 0.15) is 24.5 Å². The zero-order valence-corrected chi connectivity index (χ0v) is 13.5. The fourth-order valence-corrected chi connectivity index (χ4v) is 3.15. The number of hydroxylamine groups is 1. The summed E-state index contributed by atoms with van der Waals surface area (Å²) < 4.78 is 22.8. The summed E-state index contributed by atoms with van der Waals surface area (Å²) in [6.45, 7) is 2.04. The summed E-state index contributed by atoms with van der Waals surface area (Å²) in [7, 11) is -3.69. The molecule has 2 aromatic carbocycles.